The third kappa shape index (κ3) is 4.39. The average Bonchev–Trinajstić information content (AvgIpc) is 3.21. The summed E-state index contributed by atoms with van der Waals surface area (Å²) >= 11 is 0. The topological polar surface area (TPSA) is 96.3 Å². The molecule has 0 spiro atoms. The van der Waals surface area contributed by atoms with Gasteiger partial charge in [0.2, 0.25) is 11.8 Å². The summed E-state index contributed by atoms with van der Waals surface area (Å²) in [6.45, 7) is 6.09. The predicted octanol–water partition coefficient (Wildman–Crippen LogP) is 1.26. The summed E-state index contributed by atoms with van der Waals surface area (Å²) in [4.78, 5) is 38.3. The van der Waals surface area contributed by atoms with Crippen molar-refractivity contribution in [2.24, 2.45) is 5.92 Å². The van der Waals surface area contributed by atoms with Crippen LogP contribution in [0.3, 0.4) is 0 Å². The van der Waals surface area contributed by atoms with Gasteiger partial charge in [0.15, 0.2) is 0 Å². The monoisotopic (exact) mass is 383 g/mol. The van der Waals surface area contributed by atoms with Gasteiger partial charge in [-0.2, -0.15) is 5.10 Å². The number of hydrogen-bond acceptors (Lipinski definition) is 4. The standard InChI is InChI=1S/C20H25N5O3/c1-4-15-5-7-17(8-6-15)24-11-16(10-19(24)27)20(28)22-21-18(26)12-25-14(3)9-13(2)23-25/h5-9,16H,4,10-12H2,1-3H3,(H,21,26)(H,22,28)/t16-/m0/s1. The molecule has 8 nitrogen and oxygen atoms in total. The molecule has 1 saturated heterocycles. The summed E-state index contributed by atoms with van der Waals surface area (Å²) in [7, 11) is 0. The minimum Gasteiger partial charge on any atom is -0.312 e. The van der Waals surface area contributed by atoms with E-state index >= 15 is 0 Å². The largest absolute Gasteiger partial charge is 0.312 e. The number of rotatable bonds is 5. The number of hydrazine groups is 1. The van der Waals surface area contributed by atoms with Crippen molar-refractivity contribution in [2.75, 3.05) is 11.4 Å². The molecule has 148 valence electrons. The number of benzene rings is 1. The molecule has 2 heterocycles. The number of aromatic nitrogens is 2. The van der Waals surface area contributed by atoms with E-state index in [-0.39, 0.29) is 30.7 Å². The molecule has 1 aliphatic rings. The van der Waals surface area contributed by atoms with Crippen LogP contribution < -0.4 is 15.8 Å². The zero-order valence-electron chi connectivity index (χ0n) is 16.4. The highest BCUT2D eigenvalue weighted by Crippen LogP contribution is 2.25. The number of anilines is 1. The molecule has 1 fully saturated rings. The number of aryl methyl sites for hydroxylation is 3. The molecule has 0 radical (unpaired) electrons. The van der Waals surface area contributed by atoms with Gasteiger partial charge in [0, 0.05) is 24.3 Å². The molecule has 1 aromatic carbocycles. The van der Waals surface area contributed by atoms with Crippen LogP contribution in [0.1, 0.15) is 30.3 Å². The van der Waals surface area contributed by atoms with Crippen molar-refractivity contribution in [2.45, 2.75) is 40.2 Å². The first-order valence-electron chi connectivity index (χ1n) is 9.36. The van der Waals surface area contributed by atoms with Gasteiger partial charge in [0.25, 0.3) is 5.91 Å². The number of amides is 3. The fraction of sp³-hybridized carbons (Fsp3) is 0.400. The predicted molar refractivity (Wildman–Crippen MR) is 104 cm³/mol. The normalized spacial score (nSPS) is 16.3. The molecular formula is C20H25N5O3. The lowest BCUT2D eigenvalue weighted by Crippen LogP contribution is -2.46. The first-order valence-corrected chi connectivity index (χ1v) is 9.36. The van der Waals surface area contributed by atoms with Crippen LogP contribution in [0.4, 0.5) is 5.69 Å². The molecule has 28 heavy (non-hydrogen) atoms. The lowest BCUT2D eigenvalue weighted by molar-refractivity contribution is -0.131. The van der Waals surface area contributed by atoms with Crippen LogP contribution >= 0.6 is 0 Å². The van der Waals surface area contributed by atoms with E-state index in [9.17, 15) is 14.4 Å². The highest BCUT2D eigenvalue weighted by Gasteiger charge is 2.35. The van der Waals surface area contributed by atoms with E-state index in [2.05, 4.69) is 22.9 Å². The fourth-order valence-corrected chi connectivity index (χ4v) is 3.29. The minimum absolute atomic E-state index is 0.0133. The highest BCUT2D eigenvalue weighted by atomic mass is 16.2. The van der Waals surface area contributed by atoms with E-state index in [4.69, 9.17) is 0 Å². The Bertz CT molecular complexity index is 888. The molecule has 1 aromatic heterocycles. The summed E-state index contributed by atoms with van der Waals surface area (Å²) < 4.78 is 1.57. The lowest BCUT2D eigenvalue weighted by Gasteiger charge is -2.17. The first-order chi connectivity index (χ1) is 13.4. The maximum absolute atomic E-state index is 12.4. The van der Waals surface area contributed by atoms with Crippen molar-refractivity contribution in [3.63, 3.8) is 0 Å². The van der Waals surface area contributed by atoms with Crippen LogP contribution in [0.2, 0.25) is 0 Å². The molecule has 1 atom stereocenters. The van der Waals surface area contributed by atoms with Crippen LogP contribution in [0, 0.1) is 19.8 Å². The van der Waals surface area contributed by atoms with Gasteiger partial charge in [-0.05, 0) is 44.0 Å². The second-order valence-electron chi connectivity index (χ2n) is 7.05. The van der Waals surface area contributed by atoms with Crippen LogP contribution in [0.25, 0.3) is 0 Å². The van der Waals surface area contributed by atoms with E-state index < -0.39 is 5.92 Å². The first kappa shape index (κ1) is 19.6. The van der Waals surface area contributed by atoms with E-state index in [1.807, 2.05) is 44.2 Å². The summed E-state index contributed by atoms with van der Waals surface area (Å²) in [5.74, 6) is -1.36. The van der Waals surface area contributed by atoms with Gasteiger partial charge in [0.05, 0.1) is 11.6 Å². The quantitative estimate of drug-likeness (QED) is 0.760. The lowest BCUT2D eigenvalue weighted by atomic mass is 10.1. The number of carbonyl (C=O) groups excluding carboxylic acids is 3. The Morgan fingerprint density at radius 2 is 1.89 bits per heavy atom. The molecular weight excluding hydrogens is 358 g/mol. The van der Waals surface area contributed by atoms with E-state index in [0.717, 1.165) is 23.5 Å². The summed E-state index contributed by atoms with van der Waals surface area (Å²) in [5, 5.41) is 4.21. The van der Waals surface area contributed by atoms with Gasteiger partial charge in [-0.15, -0.1) is 0 Å². The van der Waals surface area contributed by atoms with Crippen molar-refractivity contribution in [3.05, 3.63) is 47.3 Å². The average molecular weight is 383 g/mol. The fourth-order valence-electron chi connectivity index (χ4n) is 3.29. The number of carbonyl (C=O) groups is 3. The Labute approximate surface area is 163 Å². The molecule has 0 aliphatic carbocycles. The van der Waals surface area contributed by atoms with Gasteiger partial charge in [-0.25, -0.2) is 0 Å². The zero-order chi connectivity index (χ0) is 20.3. The van der Waals surface area contributed by atoms with E-state index in [0.29, 0.717) is 6.54 Å². The van der Waals surface area contributed by atoms with Gasteiger partial charge in [0.1, 0.15) is 6.54 Å². The molecule has 0 saturated carbocycles. The van der Waals surface area contributed by atoms with Crippen LogP contribution in [-0.4, -0.2) is 34.0 Å². The van der Waals surface area contributed by atoms with Gasteiger partial charge < -0.3 is 4.90 Å². The Morgan fingerprint density at radius 1 is 1.18 bits per heavy atom. The Hall–Kier alpha value is -3.16. The van der Waals surface area contributed by atoms with Crippen LogP contribution in [-0.2, 0) is 27.3 Å². The summed E-state index contributed by atoms with van der Waals surface area (Å²) in [6, 6.07) is 9.63. The van der Waals surface area contributed by atoms with Crippen molar-refractivity contribution in [1.29, 1.82) is 0 Å². The molecule has 0 unspecified atom stereocenters. The van der Waals surface area contributed by atoms with Crippen molar-refractivity contribution in [3.8, 4) is 0 Å². The number of hydrogen-bond donors (Lipinski definition) is 2. The Morgan fingerprint density at radius 3 is 2.50 bits per heavy atom. The Kier molecular flexibility index (Phi) is 5.77. The van der Waals surface area contributed by atoms with E-state index in [1.54, 1.807) is 9.58 Å². The molecule has 3 amide bonds. The zero-order valence-corrected chi connectivity index (χ0v) is 16.4. The van der Waals surface area contributed by atoms with Crippen molar-refractivity contribution in [1.82, 2.24) is 20.6 Å². The molecule has 1 aliphatic heterocycles. The van der Waals surface area contributed by atoms with Gasteiger partial charge >= 0.3 is 0 Å². The molecule has 2 aromatic rings. The number of nitrogens with one attached hydrogen (secondary N) is 2. The molecule has 8 heteroatoms. The second-order valence-corrected chi connectivity index (χ2v) is 7.05. The maximum atomic E-state index is 12.4. The summed E-state index contributed by atoms with van der Waals surface area (Å²) in [5.41, 5.74) is 8.49. The number of nitrogens with zero attached hydrogens (tertiary/aromatic N) is 3. The molecule has 2 N–H and O–H groups in total. The van der Waals surface area contributed by atoms with Crippen molar-refractivity contribution < 1.29 is 14.4 Å². The summed E-state index contributed by atoms with van der Waals surface area (Å²) in [6.07, 6.45) is 1.05. The maximum Gasteiger partial charge on any atom is 0.260 e. The third-order valence-electron chi connectivity index (χ3n) is 4.87. The van der Waals surface area contributed by atoms with Crippen LogP contribution in [0.5, 0.6) is 0 Å². The van der Waals surface area contributed by atoms with E-state index in [1.165, 1.54) is 5.56 Å². The third-order valence-corrected chi connectivity index (χ3v) is 4.87. The van der Waals surface area contributed by atoms with Crippen molar-refractivity contribution >= 4 is 23.4 Å². The smallest absolute Gasteiger partial charge is 0.260 e. The second kappa shape index (κ2) is 8.24. The Balaban J connectivity index is 1.52. The van der Waals surface area contributed by atoms with Gasteiger partial charge in [-0.1, -0.05) is 19.1 Å². The molecule has 0 bridgehead atoms. The highest BCUT2D eigenvalue weighted by molar-refractivity contribution is 6.00. The molecule has 3 rings (SSSR count). The SMILES string of the molecule is CCc1ccc(N2C[C@@H](C(=O)NNC(=O)Cn3nc(C)cc3C)CC2=O)cc1. The van der Waals surface area contributed by atoms with Gasteiger partial charge in [-0.3, -0.25) is 29.9 Å². The van der Waals surface area contributed by atoms with Crippen LogP contribution in [0.15, 0.2) is 30.3 Å². The minimum atomic E-state index is -0.507.